The van der Waals surface area contributed by atoms with Gasteiger partial charge in [-0.15, -0.1) is 5.10 Å². The molecule has 0 fully saturated rings. The second-order valence-corrected chi connectivity index (χ2v) is 12.2. The molecule has 1 aromatic heterocycles. The zero-order valence-electron chi connectivity index (χ0n) is 26.7. The van der Waals surface area contributed by atoms with E-state index in [1.54, 1.807) is 10.8 Å². The van der Waals surface area contributed by atoms with Crippen molar-refractivity contribution in [1.29, 1.82) is 0 Å². The predicted molar refractivity (Wildman–Crippen MR) is 172 cm³/mol. The van der Waals surface area contributed by atoms with E-state index in [0.717, 1.165) is 31.4 Å². The first-order valence-electron chi connectivity index (χ1n) is 17.6. The van der Waals surface area contributed by atoms with Crippen LogP contribution in [0.4, 0.5) is 0 Å². The van der Waals surface area contributed by atoms with Gasteiger partial charge in [-0.2, -0.15) is 0 Å². The van der Waals surface area contributed by atoms with Crippen LogP contribution in [-0.4, -0.2) is 37.9 Å². The molecule has 0 amide bonds. The highest BCUT2D eigenvalue weighted by Crippen LogP contribution is 2.17. The summed E-state index contributed by atoms with van der Waals surface area (Å²) in [5.41, 5.74) is 0.951. The molecule has 40 heavy (non-hydrogen) atoms. The summed E-state index contributed by atoms with van der Waals surface area (Å²) in [6.45, 7) is 4.25. The average Bonchev–Trinajstić information content (AvgIpc) is 3.42. The van der Waals surface area contributed by atoms with Crippen LogP contribution in [0, 0.1) is 0 Å². The van der Waals surface area contributed by atoms with Gasteiger partial charge in [-0.1, -0.05) is 179 Å². The van der Waals surface area contributed by atoms with Crippen molar-refractivity contribution in [3.8, 4) is 0 Å². The Bertz CT molecular complexity index is 675. The second-order valence-electron chi connectivity index (χ2n) is 12.2. The lowest BCUT2D eigenvalue weighted by Gasteiger charge is -2.17. The lowest BCUT2D eigenvalue weighted by atomic mass is 10.0. The normalized spacial score (nSPS) is 13.4. The molecule has 0 spiro atoms. The Balaban J connectivity index is 1.86. The maximum Gasteiger partial charge on any atom is 0.106 e. The van der Waals surface area contributed by atoms with Crippen molar-refractivity contribution < 1.29 is 10.2 Å². The number of nitrogens with zero attached hydrogens (tertiary/aromatic N) is 3. The lowest BCUT2D eigenvalue weighted by Crippen LogP contribution is -2.26. The van der Waals surface area contributed by atoms with Gasteiger partial charge in [0.1, 0.15) is 6.04 Å². The highest BCUT2D eigenvalue weighted by Gasteiger charge is 2.19. The summed E-state index contributed by atoms with van der Waals surface area (Å²) in [5.74, 6) is 0. The van der Waals surface area contributed by atoms with Gasteiger partial charge in [0.2, 0.25) is 0 Å². The van der Waals surface area contributed by atoms with E-state index in [-0.39, 0.29) is 6.61 Å². The number of rotatable bonds is 30. The standard InChI is InChI=1S/C35H67N3O2/c1-3-5-7-8-9-10-11-12-13-14-15-16-17-18-19-20-21-22-23-24-25-26-28-29-33-31-38(37-36-33)34(32-39)35(40)30-27-6-4-2/h27,30-31,34-35,39-40H,3-26,28-29,32H2,1-2H3/b30-27+/t34-,35+/m0/s1. The van der Waals surface area contributed by atoms with E-state index >= 15 is 0 Å². The highest BCUT2D eigenvalue weighted by molar-refractivity contribution is 4.98. The fourth-order valence-corrected chi connectivity index (χ4v) is 5.56. The van der Waals surface area contributed by atoms with Gasteiger partial charge >= 0.3 is 0 Å². The van der Waals surface area contributed by atoms with E-state index in [1.165, 1.54) is 141 Å². The number of aliphatic hydroxyl groups excluding tert-OH is 2. The van der Waals surface area contributed by atoms with Crippen LogP contribution >= 0.6 is 0 Å². The molecule has 0 unspecified atom stereocenters. The summed E-state index contributed by atoms with van der Waals surface area (Å²) in [6, 6.07) is -0.469. The van der Waals surface area contributed by atoms with Crippen molar-refractivity contribution in [2.45, 2.75) is 193 Å². The van der Waals surface area contributed by atoms with Gasteiger partial charge < -0.3 is 10.2 Å². The quantitative estimate of drug-likeness (QED) is 0.0724. The number of aromatic nitrogens is 3. The molecule has 0 aliphatic rings. The zero-order valence-corrected chi connectivity index (χ0v) is 26.7. The van der Waals surface area contributed by atoms with Crippen LogP contribution in [0.15, 0.2) is 18.3 Å². The molecule has 1 aromatic rings. The molecule has 0 aromatic carbocycles. The molecule has 0 radical (unpaired) electrons. The minimum Gasteiger partial charge on any atom is -0.394 e. The Morgan fingerprint density at radius 3 is 1.48 bits per heavy atom. The van der Waals surface area contributed by atoms with Crippen molar-refractivity contribution in [2.75, 3.05) is 6.61 Å². The fourth-order valence-electron chi connectivity index (χ4n) is 5.56. The molecule has 0 saturated heterocycles. The van der Waals surface area contributed by atoms with Gasteiger partial charge in [-0.25, -0.2) is 4.68 Å². The SMILES string of the molecule is CCC/C=C/[C@@H](O)[C@H](CO)n1cc(CCCCCCCCCCCCCCCCCCCCCCCCC)nn1. The molecule has 0 aliphatic carbocycles. The van der Waals surface area contributed by atoms with E-state index < -0.39 is 12.1 Å². The van der Waals surface area contributed by atoms with E-state index in [1.807, 2.05) is 12.3 Å². The van der Waals surface area contributed by atoms with E-state index in [2.05, 4.69) is 24.2 Å². The third-order valence-corrected chi connectivity index (χ3v) is 8.30. The number of allylic oxidation sites excluding steroid dienone is 1. The predicted octanol–water partition coefficient (Wildman–Crippen LogP) is 10.1. The van der Waals surface area contributed by atoms with E-state index in [4.69, 9.17) is 0 Å². The van der Waals surface area contributed by atoms with Crippen LogP contribution in [0.1, 0.15) is 186 Å². The Morgan fingerprint density at radius 1 is 0.650 bits per heavy atom. The summed E-state index contributed by atoms with van der Waals surface area (Å²) < 4.78 is 1.62. The first-order valence-corrected chi connectivity index (χ1v) is 17.6. The first kappa shape index (κ1) is 36.8. The molecule has 0 saturated carbocycles. The molecule has 2 atom stereocenters. The highest BCUT2D eigenvalue weighted by atomic mass is 16.3. The molecule has 0 bridgehead atoms. The van der Waals surface area contributed by atoms with Crippen LogP contribution in [-0.2, 0) is 6.42 Å². The van der Waals surface area contributed by atoms with Crippen molar-refractivity contribution in [3.63, 3.8) is 0 Å². The largest absolute Gasteiger partial charge is 0.394 e. The molecule has 5 nitrogen and oxygen atoms in total. The number of hydrogen-bond acceptors (Lipinski definition) is 4. The Morgan fingerprint density at radius 2 is 1.07 bits per heavy atom. The molecular formula is C35H67N3O2. The summed E-state index contributed by atoms with van der Waals surface area (Å²) >= 11 is 0. The number of hydrogen-bond donors (Lipinski definition) is 2. The Labute approximate surface area is 248 Å². The number of aryl methyl sites for hydroxylation is 1. The fraction of sp³-hybridized carbons (Fsp3) is 0.886. The van der Waals surface area contributed by atoms with Gasteiger partial charge in [0.05, 0.1) is 18.4 Å². The van der Waals surface area contributed by atoms with Crippen molar-refractivity contribution in [1.82, 2.24) is 15.0 Å². The maximum absolute atomic E-state index is 10.3. The molecule has 2 N–H and O–H groups in total. The van der Waals surface area contributed by atoms with Crippen LogP contribution in [0.25, 0.3) is 0 Å². The second kappa shape index (κ2) is 27.9. The summed E-state index contributed by atoms with van der Waals surface area (Å²) in [7, 11) is 0. The van der Waals surface area contributed by atoms with Gasteiger partial charge in [-0.3, -0.25) is 0 Å². The molecule has 1 rings (SSSR count). The number of aliphatic hydroxyl groups is 2. The summed E-state index contributed by atoms with van der Waals surface area (Å²) in [5, 5.41) is 28.4. The minimum absolute atomic E-state index is 0.153. The van der Waals surface area contributed by atoms with Gasteiger partial charge in [0.25, 0.3) is 0 Å². The van der Waals surface area contributed by atoms with Crippen molar-refractivity contribution in [2.24, 2.45) is 0 Å². The minimum atomic E-state index is -0.745. The number of unbranched alkanes of at least 4 members (excludes halogenated alkanes) is 23. The average molecular weight is 562 g/mol. The lowest BCUT2D eigenvalue weighted by molar-refractivity contribution is 0.0974. The van der Waals surface area contributed by atoms with Crippen LogP contribution < -0.4 is 0 Å². The molecular weight excluding hydrogens is 494 g/mol. The molecule has 234 valence electrons. The smallest absolute Gasteiger partial charge is 0.106 e. The molecule has 1 heterocycles. The summed E-state index contributed by atoms with van der Waals surface area (Å²) in [4.78, 5) is 0. The zero-order chi connectivity index (χ0) is 28.9. The van der Waals surface area contributed by atoms with Gasteiger partial charge in [0, 0.05) is 6.20 Å². The maximum atomic E-state index is 10.3. The van der Waals surface area contributed by atoms with Crippen LogP contribution in [0.3, 0.4) is 0 Å². The van der Waals surface area contributed by atoms with Crippen LogP contribution in [0.2, 0.25) is 0 Å². The van der Waals surface area contributed by atoms with Crippen molar-refractivity contribution >= 4 is 0 Å². The Hall–Kier alpha value is -1.20. The van der Waals surface area contributed by atoms with Crippen LogP contribution in [0.5, 0.6) is 0 Å². The van der Waals surface area contributed by atoms with Gasteiger partial charge in [-0.05, 0) is 19.3 Å². The topological polar surface area (TPSA) is 71.2 Å². The monoisotopic (exact) mass is 562 g/mol. The third-order valence-electron chi connectivity index (χ3n) is 8.30. The Kier molecular flexibility index (Phi) is 25.7. The third kappa shape index (κ3) is 20.6. The molecule has 0 aliphatic heterocycles. The summed E-state index contributed by atoms with van der Waals surface area (Å²) in [6.07, 6.45) is 40.0. The van der Waals surface area contributed by atoms with Gasteiger partial charge in [0.15, 0.2) is 0 Å². The first-order chi connectivity index (χ1) is 19.7. The van der Waals surface area contributed by atoms with Crippen molar-refractivity contribution in [3.05, 3.63) is 24.0 Å². The molecule has 5 heteroatoms. The van der Waals surface area contributed by atoms with E-state index in [9.17, 15) is 10.2 Å². The van der Waals surface area contributed by atoms with E-state index in [0.29, 0.717) is 0 Å².